The highest BCUT2D eigenvalue weighted by atomic mass is 35.5. The number of ether oxygens (including phenoxy) is 2. The Balaban J connectivity index is 1.28. The molecule has 2 N–H and O–H groups in total. The van der Waals surface area contributed by atoms with Crippen LogP contribution in [0.5, 0.6) is 5.75 Å². The van der Waals surface area contributed by atoms with Crippen LogP contribution in [0.4, 0.5) is 31.7 Å². The molecule has 7 rings (SSSR count). The van der Waals surface area contributed by atoms with Gasteiger partial charge in [0, 0.05) is 24.2 Å². The number of pyridine rings is 2. The number of anilines is 4. The molecule has 2 bridgehead atoms. The Bertz CT molecular complexity index is 1480. The van der Waals surface area contributed by atoms with E-state index in [1.54, 1.807) is 19.3 Å². The van der Waals surface area contributed by atoms with Crippen molar-refractivity contribution in [3.05, 3.63) is 45.8 Å². The van der Waals surface area contributed by atoms with Gasteiger partial charge in [-0.1, -0.05) is 11.6 Å². The molecule has 3 atom stereocenters. The Kier molecular flexibility index (Phi) is 5.49. The number of hydrogen-bond donors (Lipinski definition) is 2. The molecule has 0 radical (unpaired) electrons. The van der Waals surface area contributed by atoms with E-state index in [0.717, 1.165) is 31.5 Å². The molecule has 8 nitrogen and oxygen atoms in total. The van der Waals surface area contributed by atoms with Gasteiger partial charge in [0.25, 0.3) is 5.56 Å². The minimum Gasteiger partial charge on any atom is -0.480 e. The number of nitrogens with one attached hydrogen (secondary N) is 2. The number of alkyl halides is 2. The maximum absolute atomic E-state index is 14.9. The summed E-state index contributed by atoms with van der Waals surface area (Å²) in [5, 5.41) is 7.48. The van der Waals surface area contributed by atoms with Crippen LogP contribution in [0.15, 0.2) is 35.3 Å². The molecular formula is C27H28ClF2N5O3. The van der Waals surface area contributed by atoms with E-state index in [-0.39, 0.29) is 11.7 Å². The van der Waals surface area contributed by atoms with E-state index >= 15 is 0 Å². The fourth-order valence-electron chi connectivity index (χ4n) is 6.11. The van der Waals surface area contributed by atoms with Crippen LogP contribution < -0.4 is 25.8 Å². The normalized spacial score (nSPS) is 25.9. The Morgan fingerprint density at radius 3 is 2.66 bits per heavy atom. The molecule has 3 fully saturated rings. The van der Waals surface area contributed by atoms with Gasteiger partial charge in [-0.2, -0.15) is 0 Å². The van der Waals surface area contributed by atoms with E-state index in [2.05, 4.69) is 20.5 Å². The van der Waals surface area contributed by atoms with Gasteiger partial charge in [0.2, 0.25) is 5.75 Å². The molecule has 2 aromatic heterocycles. The number of halogens is 3. The number of fused-ring (bicyclic) bond motifs is 5. The van der Waals surface area contributed by atoms with Crippen LogP contribution in [0.1, 0.15) is 25.7 Å². The zero-order chi connectivity index (χ0) is 26.2. The van der Waals surface area contributed by atoms with E-state index < -0.39 is 24.1 Å². The summed E-state index contributed by atoms with van der Waals surface area (Å²) in [4.78, 5) is 20.0. The standard InChI is InChI=1S/C27H28ClF2N5O3/c1-34-21-7-4-15(32-20-9-22(31-10-19(20)28)35-16-5-6-17(35)12-37-11-16)8-18(21)23-24(26(34)36)38-13-27(29,30)25(33-23)14-2-3-14/h4,7-10,14,16-17,25,33H,2-3,5-6,11-13H2,1H3,(H,31,32)/t16-,17+,25?. The highest BCUT2D eigenvalue weighted by Gasteiger charge is 2.51. The summed E-state index contributed by atoms with van der Waals surface area (Å²) in [6, 6.07) is 6.94. The van der Waals surface area contributed by atoms with Crippen molar-refractivity contribution in [3.63, 3.8) is 0 Å². The van der Waals surface area contributed by atoms with E-state index in [0.29, 0.717) is 58.3 Å². The first-order valence-corrected chi connectivity index (χ1v) is 13.4. The average molecular weight is 544 g/mol. The smallest absolute Gasteiger partial charge is 0.301 e. The lowest BCUT2D eigenvalue weighted by Crippen LogP contribution is -2.46. The van der Waals surface area contributed by atoms with Gasteiger partial charge in [0.1, 0.15) is 5.82 Å². The van der Waals surface area contributed by atoms with Crippen LogP contribution in [0.3, 0.4) is 0 Å². The van der Waals surface area contributed by atoms with Crippen LogP contribution in [0.2, 0.25) is 5.02 Å². The van der Waals surface area contributed by atoms with Gasteiger partial charge in [-0.05, 0) is 49.8 Å². The first kappa shape index (κ1) is 24.0. The quantitative estimate of drug-likeness (QED) is 0.483. The summed E-state index contributed by atoms with van der Waals surface area (Å²) in [5.41, 5.74) is 1.86. The Labute approximate surface area is 222 Å². The SMILES string of the molecule is Cn1c(=O)c2c(c3cc(Nc4cc(N5[C@@H]6CC[C@H]5COC6)ncc4Cl)ccc31)NC(C1CC1)C(F)(F)CO2. The molecule has 5 heterocycles. The fraction of sp³-hybridized carbons (Fsp3) is 0.481. The van der Waals surface area contributed by atoms with E-state index in [1.807, 2.05) is 18.2 Å². The maximum atomic E-state index is 14.9. The second-order valence-electron chi connectivity index (χ2n) is 10.8. The van der Waals surface area contributed by atoms with Gasteiger partial charge >= 0.3 is 5.92 Å². The van der Waals surface area contributed by atoms with Crippen LogP contribution >= 0.6 is 11.6 Å². The van der Waals surface area contributed by atoms with Gasteiger partial charge in [0.05, 0.1) is 59.5 Å². The van der Waals surface area contributed by atoms with Crippen LogP contribution in [-0.4, -0.2) is 53.4 Å². The van der Waals surface area contributed by atoms with Crippen LogP contribution in [0.25, 0.3) is 10.9 Å². The van der Waals surface area contributed by atoms with Crippen LogP contribution in [-0.2, 0) is 11.8 Å². The molecule has 0 amide bonds. The Morgan fingerprint density at radius 2 is 1.92 bits per heavy atom. The van der Waals surface area contributed by atoms with Crippen molar-refractivity contribution in [2.75, 3.05) is 35.4 Å². The Morgan fingerprint density at radius 1 is 1.16 bits per heavy atom. The molecule has 2 saturated heterocycles. The summed E-state index contributed by atoms with van der Waals surface area (Å²) >= 11 is 6.54. The molecule has 200 valence electrons. The highest BCUT2D eigenvalue weighted by Crippen LogP contribution is 2.46. The molecule has 1 saturated carbocycles. The number of aromatic nitrogens is 2. The summed E-state index contributed by atoms with van der Waals surface area (Å²) in [6.45, 7) is 0.549. The average Bonchev–Trinajstić information content (AvgIpc) is 3.71. The molecular weight excluding hydrogens is 516 g/mol. The van der Waals surface area contributed by atoms with E-state index in [9.17, 15) is 13.6 Å². The van der Waals surface area contributed by atoms with Crippen molar-refractivity contribution >= 4 is 45.4 Å². The second-order valence-corrected chi connectivity index (χ2v) is 11.2. The van der Waals surface area contributed by atoms with Crippen molar-refractivity contribution in [1.82, 2.24) is 9.55 Å². The van der Waals surface area contributed by atoms with Gasteiger partial charge in [-0.3, -0.25) is 4.79 Å². The van der Waals surface area contributed by atoms with Crippen molar-refractivity contribution in [2.45, 2.75) is 49.7 Å². The lowest BCUT2D eigenvalue weighted by molar-refractivity contribution is -0.0579. The minimum absolute atomic E-state index is 0.0769. The van der Waals surface area contributed by atoms with Gasteiger partial charge in [0.15, 0.2) is 6.61 Å². The predicted octanol–water partition coefficient (Wildman–Crippen LogP) is 4.92. The molecule has 1 aliphatic carbocycles. The van der Waals surface area contributed by atoms with Crippen molar-refractivity contribution in [2.24, 2.45) is 13.0 Å². The first-order chi connectivity index (χ1) is 18.3. The number of hydrogen-bond acceptors (Lipinski definition) is 7. The maximum Gasteiger partial charge on any atom is 0.301 e. The second kappa shape index (κ2) is 8.71. The summed E-state index contributed by atoms with van der Waals surface area (Å²) in [5.74, 6) is -2.47. The monoisotopic (exact) mass is 543 g/mol. The lowest BCUT2D eigenvalue weighted by Gasteiger charge is -2.35. The topological polar surface area (TPSA) is 80.7 Å². The molecule has 11 heteroatoms. The molecule has 0 spiro atoms. The zero-order valence-electron chi connectivity index (χ0n) is 20.8. The summed E-state index contributed by atoms with van der Waals surface area (Å²) < 4.78 is 42.5. The van der Waals surface area contributed by atoms with Gasteiger partial charge < -0.3 is 29.6 Å². The number of morpholine rings is 1. The third-order valence-electron chi connectivity index (χ3n) is 8.24. The largest absolute Gasteiger partial charge is 0.480 e. The molecule has 1 unspecified atom stereocenters. The molecule has 4 aliphatic rings. The predicted molar refractivity (Wildman–Crippen MR) is 142 cm³/mol. The highest BCUT2D eigenvalue weighted by molar-refractivity contribution is 6.33. The summed E-state index contributed by atoms with van der Waals surface area (Å²) in [7, 11) is 1.62. The summed E-state index contributed by atoms with van der Waals surface area (Å²) in [6.07, 6.45) is 5.24. The number of aryl methyl sites for hydroxylation is 1. The number of rotatable bonds is 4. The Hall–Kier alpha value is -3.11. The van der Waals surface area contributed by atoms with Crippen molar-refractivity contribution < 1.29 is 18.3 Å². The fourth-order valence-corrected chi connectivity index (χ4v) is 6.26. The lowest BCUT2D eigenvalue weighted by atomic mass is 10.0. The first-order valence-electron chi connectivity index (χ1n) is 13.0. The molecule has 3 aromatic rings. The number of nitrogens with zero attached hydrogens (tertiary/aromatic N) is 3. The molecule has 1 aromatic carbocycles. The van der Waals surface area contributed by atoms with Crippen molar-refractivity contribution in [1.29, 1.82) is 0 Å². The van der Waals surface area contributed by atoms with Gasteiger partial charge in [-0.25, -0.2) is 13.8 Å². The minimum atomic E-state index is -3.09. The third-order valence-corrected chi connectivity index (χ3v) is 8.54. The molecule has 38 heavy (non-hydrogen) atoms. The van der Waals surface area contributed by atoms with Crippen LogP contribution in [0, 0.1) is 5.92 Å². The molecule has 3 aliphatic heterocycles. The van der Waals surface area contributed by atoms with Crippen molar-refractivity contribution in [3.8, 4) is 5.75 Å². The van der Waals surface area contributed by atoms with Gasteiger partial charge in [-0.15, -0.1) is 0 Å². The third kappa shape index (κ3) is 3.88. The van der Waals surface area contributed by atoms with E-state index in [1.165, 1.54) is 4.57 Å². The number of benzene rings is 1. The van der Waals surface area contributed by atoms with E-state index in [4.69, 9.17) is 21.1 Å². The zero-order valence-corrected chi connectivity index (χ0v) is 21.6.